The first-order chi connectivity index (χ1) is 10.4. The quantitative estimate of drug-likeness (QED) is 0.228. The molecule has 7 N–H and O–H groups in total. The number of nitrogens with two attached hydrogens (primary N) is 3. The summed E-state index contributed by atoms with van der Waals surface area (Å²) in [6.45, 7) is 0.908. The van der Waals surface area contributed by atoms with Crippen molar-refractivity contribution in [3.05, 3.63) is 0 Å². The number of hydrogen-bond donors (Lipinski definition) is 4. The Morgan fingerprint density at radius 2 is 2.14 bits per heavy atom. The number of rotatable bonds is 9. The lowest BCUT2D eigenvalue weighted by Crippen LogP contribution is -2.48. The van der Waals surface area contributed by atoms with Gasteiger partial charge in [-0.3, -0.25) is 14.6 Å². The number of carboxylic acids is 1. The van der Waals surface area contributed by atoms with Crippen LogP contribution in [0.25, 0.3) is 0 Å². The van der Waals surface area contributed by atoms with Crippen LogP contribution in [0.3, 0.4) is 0 Å². The second kappa shape index (κ2) is 9.21. The SMILES string of the molecule is NC(N)=NCCC[C@H](N)C(=O)N(CC(=O)O)CC1CCCO1. The minimum Gasteiger partial charge on any atom is -0.480 e. The summed E-state index contributed by atoms with van der Waals surface area (Å²) >= 11 is 0. The molecule has 1 aliphatic heterocycles. The molecule has 0 aliphatic carbocycles. The van der Waals surface area contributed by atoms with E-state index in [1.54, 1.807) is 0 Å². The van der Waals surface area contributed by atoms with Crippen molar-refractivity contribution in [2.75, 3.05) is 26.2 Å². The van der Waals surface area contributed by atoms with Crippen molar-refractivity contribution in [3.8, 4) is 0 Å². The molecule has 9 heteroatoms. The molecule has 2 atom stereocenters. The molecule has 1 amide bonds. The van der Waals surface area contributed by atoms with Crippen LogP contribution < -0.4 is 17.2 Å². The van der Waals surface area contributed by atoms with Crippen LogP contribution in [-0.4, -0.2) is 66.2 Å². The zero-order chi connectivity index (χ0) is 16.5. The largest absolute Gasteiger partial charge is 0.480 e. The predicted molar refractivity (Wildman–Crippen MR) is 81.1 cm³/mol. The van der Waals surface area contributed by atoms with E-state index in [0.717, 1.165) is 12.8 Å². The lowest BCUT2D eigenvalue weighted by molar-refractivity contribution is -0.146. The first-order valence-electron chi connectivity index (χ1n) is 7.33. The molecule has 0 radical (unpaired) electrons. The van der Waals surface area contributed by atoms with Crippen molar-refractivity contribution in [3.63, 3.8) is 0 Å². The van der Waals surface area contributed by atoms with Crippen molar-refractivity contribution in [2.24, 2.45) is 22.2 Å². The van der Waals surface area contributed by atoms with Crippen molar-refractivity contribution >= 4 is 17.8 Å². The lowest BCUT2D eigenvalue weighted by atomic mass is 10.1. The molecule has 0 aromatic carbocycles. The molecule has 9 nitrogen and oxygen atoms in total. The monoisotopic (exact) mass is 315 g/mol. The van der Waals surface area contributed by atoms with Crippen molar-refractivity contribution in [2.45, 2.75) is 37.8 Å². The van der Waals surface area contributed by atoms with E-state index in [-0.39, 0.29) is 31.1 Å². The average molecular weight is 315 g/mol. The van der Waals surface area contributed by atoms with Gasteiger partial charge in [0.15, 0.2) is 5.96 Å². The van der Waals surface area contributed by atoms with Crippen molar-refractivity contribution in [1.29, 1.82) is 0 Å². The molecule has 0 bridgehead atoms. The number of hydrogen-bond acceptors (Lipinski definition) is 5. The Balaban J connectivity index is 2.49. The molecule has 1 saturated heterocycles. The molecule has 126 valence electrons. The Bertz CT molecular complexity index is 405. The molecule has 0 saturated carbocycles. The van der Waals surface area contributed by atoms with Gasteiger partial charge in [0.1, 0.15) is 6.54 Å². The summed E-state index contributed by atoms with van der Waals surface area (Å²) in [5.41, 5.74) is 16.3. The molecule has 1 heterocycles. The number of carboxylic acid groups (broad SMARTS) is 1. The molecule has 0 aromatic heterocycles. The van der Waals surface area contributed by atoms with Gasteiger partial charge in [0.2, 0.25) is 5.91 Å². The maximum atomic E-state index is 12.3. The number of nitrogens with zero attached hydrogens (tertiary/aromatic N) is 2. The zero-order valence-electron chi connectivity index (χ0n) is 12.6. The fourth-order valence-electron chi connectivity index (χ4n) is 2.31. The molecule has 0 aromatic rings. The number of ether oxygens (including phenoxy) is 1. The molecular weight excluding hydrogens is 290 g/mol. The number of carbonyl (C=O) groups is 2. The third-order valence-electron chi connectivity index (χ3n) is 3.37. The van der Waals surface area contributed by atoms with Crippen LogP contribution in [0.15, 0.2) is 4.99 Å². The number of guanidine groups is 1. The standard InChI is InChI=1S/C13H25N5O4/c14-10(4-1-5-17-13(15)16)12(21)18(8-11(19)20)7-9-3-2-6-22-9/h9-10H,1-8,14H2,(H,19,20)(H4,15,16,17)/t9?,10-/m0/s1. The van der Waals surface area contributed by atoms with Crippen LogP contribution in [0.2, 0.25) is 0 Å². The molecule has 0 spiro atoms. The van der Waals surface area contributed by atoms with Crippen LogP contribution in [0.1, 0.15) is 25.7 Å². The number of amides is 1. The molecule has 1 aliphatic rings. The van der Waals surface area contributed by atoms with E-state index < -0.39 is 12.0 Å². The van der Waals surface area contributed by atoms with Gasteiger partial charge in [0.25, 0.3) is 0 Å². The van der Waals surface area contributed by atoms with Crippen LogP contribution in [-0.2, 0) is 14.3 Å². The van der Waals surface area contributed by atoms with E-state index >= 15 is 0 Å². The minimum atomic E-state index is -1.07. The first-order valence-corrected chi connectivity index (χ1v) is 7.33. The minimum absolute atomic E-state index is 0.00853. The van der Waals surface area contributed by atoms with Crippen molar-refractivity contribution in [1.82, 2.24) is 4.90 Å². The highest BCUT2D eigenvalue weighted by atomic mass is 16.5. The van der Waals surface area contributed by atoms with Gasteiger partial charge in [-0.2, -0.15) is 0 Å². The van der Waals surface area contributed by atoms with Gasteiger partial charge in [-0.25, -0.2) is 0 Å². The van der Waals surface area contributed by atoms with Gasteiger partial charge >= 0.3 is 5.97 Å². The Kier molecular flexibility index (Phi) is 7.61. The van der Waals surface area contributed by atoms with Crippen molar-refractivity contribution < 1.29 is 19.4 Å². The predicted octanol–water partition coefficient (Wildman–Crippen LogP) is -1.54. The summed E-state index contributed by atoms with van der Waals surface area (Å²) in [5, 5.41) is 8.94. The fourth-order valence-corrected chi connectivity index (χ4v) is 2.31. The van der Waals surface area contributed by atoms with E-state index in [1.165, 1.54) is 4.90 Å². The average Bonchev–Trinajstić information content (AvgIpc) is 2.94. The Morgan fingerprint density at radius 3 is 2.68 bits per heavy atom. The summed E-state index contributed by atoms with van der Waals surface area (Å²) < 4.78 is 5.45. The van der Waals surface area contributed by atoms with E-state index in [1.807, 2.05) is 0 Å². The molecular formula is C13H25N5O4. The zero-order valence-corrected chi connectivity index (χ0v) is 12.6. The van der Waals surface area contributed by atoms with Crippen LogP contribution in [0, 0.1) is 0 Å². The maximum Gasteiger partial charge on any atom is 0.323 e. The second-order valence-electron chi connectivity index (χ2n) is 5.30. The van der Waals surface area contributed by atoms with Gasteiger partial charge in [0, 0.05) is 19.7 Å². The molecule has 1 unspecified atom stereocenters. The van der Waals surface area contributed by atoms with E-state index in [9.17, 15) is 9.59 Å². The van der Waals surface area contributed by atoms with E-state index in [2.05, 4.69) is 4.99 Å². The Morgan fingerprint density at radius 1 is 1.41 bits per heavy atom. The van der Waals surface area contributed by atoms with Crippen LogP contribution in [0.5, 0.6) is 0 Å². The smallest absolute Gasteiger partial charge is 0.323 e. The number of aliphatic carboxylic acids is 1. The lowest BCUT2D eigenvalue weighted by Gasteiger charge is -2.26. The highest BCUT2D eigenvalue weighted by molar-refractivity contribution is 5.85. The summed E-state index contributed by atoms with van der Waals surface area (Å²) in [4.78, 5) is 28.3. The highest BCUT2D eigenvalue weighted by Gasteiger charge is 2.27. The summed E-state index contributed by atoms with van der Waals surface area (Å²) in [6.07, 6.45) is 2.56. The van der Waals surface area contributed by atoms with E-state index in [0.29, 0.717) is 26.0 Å². The molecule has 1 fully saturated rings. The second-order valence-corrected chi connectivity index (χ2v) is 5.30. The summed E-state index contributed by atoms with van der Waals surface area (Å²) in [5.74, 6) is -1.47. The fraction of sp³-hybridized carbons (Fsp3) is 0.769. The first kappa shape index (κ1) is 18.2. The Hall–Kier alpha value is -1.87. The third-order valence-corrected chi connectivity index (χ3v) is 3.37. The van der Waals surface area contributed by atoms with Gasteiger partial charge in [-0.05, 0) is 25.7 Å². The van der Waals surface area contributed by atoms with Gasteiger partial charge in [-0.15, -0.1) is 0 Å². The van der Waals surface area contributed by atoms with Crippen LogP contribution >= 0.6 is 0 Å². The van der Waals surface area contributed by atoms with Gasteiger partial charge < -0.3 is 31.9 Å². The van der Waals surface area contributed by atoms with Gasteiger partial charge in [-0.1, -0.05) is 0 Å². The third kappa shape index (κ3) is 6.72. The number of aliphatic imine (C=N–C) groups is 1. The van der Waals surface area contributed by atoms with Gasteiger partial charge in [0.05, 0.1) is 12.1 Å². The Labute approximate surface area is 129 Å². The maximum absolute atomic E-state index is 12.3. The topological polar surface area (TPSA) is 157 Å². The summed E-state index contributed by atoms with van der Waals surface area (Å²) in [6, 6.07) is -0.769. The molecule has 1 rings (SSSR count). The normalized spacial score (nSPS) is 18.7. The number of carbonyl (C=O) groups excluding carboxylic acids is 1. The molecule has 22 heavy (non-hydrogen) atoms. The highest BCUT2D eigenvalue weighted by Crippen LogP contribution is 2.14. The van der Waals surface area contributed by atoms with E-state index in [4.69, 9.17) is 27.0 Å². The summed E-state index contributed by atoms with van der Waals surface area (Å²) in [7, 11) is 0. The van der Waals surface area contributed by atoms with Crippen LogP contribution in [0.4, 0.5) is 0 Å².